The van der Waals surface area contributed by atoms with Gasteiger partial charge in [0.25, 0.3) is 0 Å². The molecule has 0 bridgehead atoms. The number of anilines is 6. The predicted molar refractivity (Wildman–Crippen MR) is 272 cm³/mol. The van der Waals surface area contributed by atoms with Crippen LogP contribution in [0.3, 0.4) is 0 Å². The van der Waals surface area contributed by atoms with E-state index in [9.17, 15) is 0 Å². The Morgan fingerprint density at radius 1 is 0.297 bits per heavy atom. The molecule has 2 aromatic heterocycles. The van der Waals surface area contributed by atoms with Crippen molar-refractivity contribution in [2.75, 3.05) is 9.80 Å². The van der Waals surface area contributed by atoms with E-state index < -0.39 is 0 Å². The molecule has 0 radical (unpaired) electrons. The zero-order valence-corrected chi connectivity index (χ0v) is 37.6. The first-order valence-electron chi connectivity index (χ1n) is 22.3. The second kappa shape index (κ2) is 14.0. The van der Waals surface area contributed by atoms with Crippen LogP contribution >= 0.6 is 0 Å². The molecule has 0 saturated carbocycles. The number of hydrogen-bond donors (Lipinski definition) is 0. The molecular formula is C60H48N2O2. The van der Waals surface area contributed by atoms with E-state index in [1.807, 2.05) is 0 Å². The number of hydrogen-bond acceptors (Lipinski definition) is 4. The van der Waals surface area contributed by atoms with E-state index in [0.717, 1.165) is 100 Å². The van der Waals surface area contributed by atoms with Crippen LogP contribution in [-0.2, 0) is 0 Å². The highest BCUT2D eigenvalue weighted by Crippen LogP contribution is 2.52. The molecule has 0 aliphatic heterocycles. The molecule has 0 saturated heterocycles. The largest absolute Gasteiger partial charge is 0.454 e. The van der Waals surface area contributed by atoms with Crippen molar-refractivity contribution in [2.24, 2.45) is 0 Å². The normalized spacial score (nSPS) is 12.1. The van der Waals surface area contributed by atoms with E-state index in [1.54, 1.807) is 0 Å². The molecule has 0 N–H and O–H groups in total. The molecule has 0 atom stereocenters. The third kappa shape index (κ3) is 5.48. The molecule has 10 aromatic carbocycles. The third-order valence-electron chi connectivity index (χ3n) is 13.8. The van der Waals surface area contributed by atoms with Crippen LogP contribution in [0.15, 0.2) is 154 Å². The minimum Gasteiger partial charge on any atom is -0.454 e. The summed E-state index contributed by atoms with van der Waals surface area (Å²) < 4.78 is 13.9. The van der Waals surface area contributed by atoms with Crippen LogP contribution in [0.2, 0.25) is 0 Å². The average Bonchev–Trinajstić information content (AvgIpc) is 3.87. The van der Waals surface area contributed by atoms with Crippen LogP contribution in [0.4, 0.5) is 34.1 Å². The molecule has 4 nitrogen and oxygen atoms in total. The van der Waals surface area contributed by atoms with Crippen LogP contribution in [-0.4, -0.2) is 0 Å². The van der Waals surface area contributed by atoms with Crippen molar-refractivity contribution in [1.82, 2.24) is 0 Å². The highest BCUT2D eigenvalue weighted by molar-refractivity contribution is 6.29. The summed E-state index contributed by atoms with van der Waals surface area (Å²) >= 11 is 0. The minimum absolute atomic E-state index is 0.896. The maximum atomic E-state index is 6.97. The summed E-state index contributed by atoms with van der Waals surface area (Å²) in [5.41, 5.74) is 19.6. The predicted octanol–water partition coefficient (Wildman–Crippen LogP) is 17.8. The molecule has 0 fully saturated rings. The highest BCUT2D eigenvalue weighted by Gasteiger charge is 2.28. The summed E-state index contributed by atoms with van der Waals surface area (Å²) in [6.45, 7) is 17.5. The van der Waals surface area contributed by atoms with Gasteiger partial charge in [0.05, 0.1) is 22.7 Å². The van der Waals surface area contributed by atoms with E-state index >= 15 is 0 Å². The van der Waals surface area contributed by atoms with Crippen molar-refractivity contribution in [1.29, 1.82) is 0 Å². The average molecular weight is 829 g/mol. The van der Waals surface area contributed by atoms with E-state index in [2.05, 4.69) is 211 Å². The van der Waals surface area contributed by atoms with E-state index in [-0.39, 0.29) is 0 Å². The summed E-state index contributed by atoms with van der Waals surface area (Å²) in [5.74, 6) is 0. The van der Waals surface area contributed by atoms with Crippen molar-refractivity contribution in [3.05, 3.63) is 190 Å². The zero-order valence-electron chi connectivity index (χ0n) is 37.6. The number of rotatable bonds is 6. The summed E-state index contributed by atoms with van der Waals surface area (Å²) in [7, 11) is 0. The number of fused-ring (bicyclic) bond motifs is 6. The Bertz CT molecular complexity index is 3650. The van der Waals surface area contributed by atoms with Gasteiger partial charge in [-0.15, -0.1) is 0 Å². The summed E-state index contributed by atoms with van der Waals surface area (Å²) in [6, 6.07) is 53.9. The second-order valence-corrected chi connectivity index (χ2v) is 18.2. The van der Waals surface area contributed by atoms with E-state index in [1.165, 1.54) is 54.6 Å². The molecule has 0 amide bonds. The van der Waals surface area contributed by atoms with Crippen LogP contribution in [0.1, 0.15) is 44.5 Å². The van der Waals surface area contributed by atoms with Crippen LogP contribution in [0, 0.1) is 55.4 Å². The van der Waals surface area contributed by atoms with Crippen LogP contribution < -0.4 is 9.80 Å². The molecular weight excluding hydrogens is 781 g/mol. The maximum absolute atomic E-state index is 6.97. The van der Waals surface area contributed by atoms with Gasteiger partial charge in [0.1, 0.15) is 11.2 Å². The van der Waals surface area contributed by atoms with Gasteiger partial charge < -0.3 is 18.6 Å². The molecule has 0 aliphatic rings. The molecule has 64 heavy (non-hydrogen) atoms. The molecule has 0 aliphatic carbocycles. The van der Waals surface area contributed by atoms with Crippen molar-refractivity contribution >= 4 is 110 Å². The Morgan fingerprint density at radius 3 is 1.11 bits per heavy atom. The fourth-order valence-electron chi connectivity index (χ4n) is 10.6. The summed E-state index contributed by atoms with van der Waals surface area (Å²) in [6.07, 6.45) is 0. The highest BCUT2D eigenvalue weighted by atomic mass is 16.3. The number of nitrogens with zero attached hydrogens (tertiary/aromatic N) is 2. The minimum atomic E-state index is 0.896. The smallest absolute Gasteiger partial charge is 0.159 e. The molecule has 0 spiro atoms. The maximum Gasteiger partial charge on any atom is 0.159 e. The molecule has 310 valence electrons. The lowest BCUT2D eigenvalue weighted by atomic mass is 9.91. The monoisotopic (exact) mass is 828 g/mol. The lowest BCUT2D eigenvalue weighted by Gasteiger charge is -2.31. The van der Waals surface area contributed by atoms with Gasteiger partial charge in [-0.05, 0) is 146 Å². The van der Waals surface area contributed by atoms with Gasteiger partial charge in [0, 0.05) is 43.7 Å². The van der Waals surface area contributed by atoms with Gasteiger partial charge >= 0.3 is 0 Å². The van der Waals surface area contributed by atoms with Crippen LogP contribution in [0.25, 0.3) is 76.2 Å². The fraction of sp³-hybridized carbons (Fsp3) is 0.133. The van der Waals surface area contributed by atoms with Gasteiger partial charge in [-0.1, -0.05) is 121 Å². The van der Waals surface area contributed by atoms with Crippen LogP contribution in [0.5, 0.6) is 0 Å². The van der Waals surface area contributed by atoms with Crippen molar-refractivity contribution < 1.29 is 8.83 Å². The van der Waals surface area contributed by atoms with Gasteiger partial charge in [-0.25, -0.2) is 0 Å². The van der Waals surface area contributed by atoms with Gasteiger partial charge in [-0.2, -0.15) is 0 Å². The van der Waals surface area contributed by atoms with E-state index in [0.29, 0.717) is 0 Å². The number of furan rings is 2. The SMILES string of the molecule is Cc1ccc(C)c(N(c2ccc3ccc4c(N(c5cc(C)ccc5C)c5c(C)ccc6c5oc5c(C)cccc56)ccc5ccc2c3c54)c2c(C)ccc3c2oc2c(C)cccc23)c1. The number of aryl methyl sites for hydroxylation is 8. The topological polar surface area (TPSA) is 32.8 Å². The molecule has 12 aromatic rings. The van der Waals surface area contributed by atoms with Gasteiger partial charge in [-0.3, -0.25) is 0 Å². The van der Waals surface area contributed by atoms with Crippen molar-refractivity contribution in [3.63, 3.8) is 0 Å². The Hall–Kier alpha value is -7.56. The standard InChI is InChI=1S/C60H48N2O2/c1-33-15-17-35(3)51(31-33)61(55-37(5)19-25-45-43-13-9-11-39(7)57(43)63-59(45)55)49-29-23-41-22-28-48-50(30-24-42-21-27-47(49)53(41)54(42)48)62(52-32-34(2)16-18-36(52)4)56-38(6)20-26-46-44-14-10-12-40(8)58(44)64-60(46)56/h9-32H,1-8H3. The first kappa shape index (κ1) is 38.1. The molecule has 2 heterocycles. The summed E-state index contributed by atoms with van der Waals surface area (Å²) in [5, 5.41) is 11.8. The van der Waals surface area contributed by atoms with Crippen molar-refractivity contribution in [2.45, 2.75) is 55.4 Å². The van der Waals surface area contributed by atoms with Gasteiger partial charge in [0.15, 0.2) is 11.2 Å². The Labute approximate surface area is 372 Å². The Kier molecular flexibility index (Phi) is 8.33. The fourth-order valence-corrected chi connectivity index (χ4v) is 10.6. The molecule has 12 rings (SSSR count). The second-order valence-electron chi connectivity index (χ2n) is 18.2. The Balaban J connectivity index is 1.17. The van der Waals surface area contributed by atoms with Gasteiger partial charge in [0.2, 0.25) is 0 Å². The first-order chi connectivity index (χ1) is 31.0. The first-order valence-corrected chi connectivity index (χ1v) is 22.3. The lowest BCUT2D eigenvalue weighted by molar-refractivity contribution is 0.665. The Morgan fingerprint density at radius 2 is 0.672 bits per heavy atom. The molecule has 0 unspecified atom stereocenters. The zero-order chi connectivity index (χ0) is 43.7. The third-order valence-corrected chi connectivity index (χ3v) is 13.8. The van der Waals surface area contributed by atoms with Crippen molar-refractivity contribution in [3.8, 4) is 0 Å². The van der Waals surface area contributed by atoms with E-state index in [4.69, 9.17) is 8.83 Å². The number of para-hydroxylation sites is 2. The quantitative estimate of drug-likeness (QED) is 0.156. The number of benzene rings is 10. The molecule has 4 heteroatoms. The summed E-state index contributed by atoms with van der Waals surface area (Å²) in [4.78, 5) is 4.95. The lowest BCUT2D eigenvalue weighted by Crippen LogP contribution is -2.14.